The molecule has 21 heavy (non-hydrogen) atoms. The molecule has 0 radical (unpaired) electrons. The largest absolute Gasteiger partial charge is 0.389 e. The van der Waals surface area contributed by atoms with Crippen molar-refractivity contribution in [2.45, 2.75) is 33.6 Å². The lowest BCUT2D eigenvalue weighted by molar-refractivity contribution is 0.869. The lowest BCUT2D eigenvalue weighted by Crippen LogP contribution is -2.16. The van der Waals surface area contributed by atoms with Crippen LogP contribution in [0.15, 0.2) is 30.3 Å². The average Bonchev–Trinajstić information content (AvgIpc) is 2.37. The summed E-state index contributed by atoms with van der Waals surface area (Å²) in [5.41, 5.74) is 11.0. The first kappa shape index (κ1) is 15.4. The van der Waals surface area contributed by atoms with Crippen molar-refractivity contribution in [2.75, 3.05) is 5.32 Å². The first-order valence-corrected chi connectivity index (χ1v) is 7.45. The van der Waals surface area contributed by atoms with Gasteiger partial charge in [0.1, 0.15) is 10.8 Å². The summed E-state index contributed by atoms with van der Waals surface area (Å²) in [6, 6.07) is 10.2. The average molecular weight is 299 g/mol. The van der Waals surface area contributed by atoms with E-state index in [4.69, 9.17) is 18.0 Å². The summed E-state index contributed by atoms with van der Waals surface area (Å²) in [6.45, 7) is 8.31. The van der Waals surface area contributed by atoms with E-state index in [2.05, 4.69) is 36.3 Å². The number of hydrogen-bond acceptors (Lipinski definition) is 3. The summed E-state index contributed by atoms with van der Waals surface area (Å²) < 4.78 is 0. The fourth-order valence-electron chi connectivity index (χ4n) is 2.48. The van der Waals surface area contributed by atoms with Gasteiger partial charge in [0.25, 0.3) is 0 Å². The van der Waals surface area contributed by atoms with E-state index in [1.165, 1.54) is 5.56 Å². The first-order valence-electron chi connectivity index (χ1n) is 7.04. The van der Waals surface area contributed by atoms with Gasteiger partial charge in [-0.3, -0.25) is 0 Å². The van der Waals surface area contributed by atoms with Gasteiger partial charge in [-0.1, -0.05) is 44.3 Å². The highest BCUT2D eigenvalue weighted by Crippen LogP contribution is 2.28. The minimum Gasteiger partial charge on any atom is -0.389 e. The smallest absolute Gasteiger partial charge is 0.141 e. The van der Waals surface area contributed by atoms with Crippen LogP contribution in [0.3, 0.4) is 0 Å². The van der Waals surface area contributed by atoms with Gasteiger partial charge in [-0.25, -0.2) is 4.98 Å². The van der Waals surface area contributed by atoms with Gasteiger partial charge in [0.15, 0.2) is 0 Å². The molecule has 0 aliphatic heterocycles. The Hall–Kier alpha value is -1.94. The van der Waals surface area contributed by atoms with E-state index in [0.29, 0.717) is 10.9 Å². The topological polar surface area (TPSA) is 50.9 Å². The van der Waals surface area contributed by atoms with Crippen LogP contribution in [0.1, 0.15) is 42.1 Å². The van der Waals surface area contributed by atoms with Crippen LogP contribution in [0.2, 0.25) is 0 Å². The van der Waals surface area contributed by atoms with Gasteiger partial charge < -0.3 is 11.1 Å². The number of aryl methyl sites for hydroxylation is 2. The molecule has 0 saturated carbocycles. The van der Waals surface area contributed by atoms with Crippen molar-refractivity contribution in [3.8, 4) is 0 Å². The molecule has 4 heteroatoms. The molecule has 1 aromatic carbocycles. The third kappa shape index (κ3) is 3.39. The summed E-state index contributed by atoms with van der Waals surface area (Å²) in [5, 5.41) is 3.41. The van der Waals surface area contributed by atoms with Crippen LogP contribution >= 0.6 is 12.2 Å². The highest BCUT2D eigenvalue weighted by atomic mass is 32.1. The third-order valence-electron chi connectivity index (χ3n) is 3.43. The third-order valence-corrected chi connectivity index (χ3v) is 3.63. The predicted molar refractivity (Wildman–Crippen MR) is 93.4 cm³/mol. The molecule has 1 aromatic heterocycles. The van der Waals surface area contributed by atoms with E-state index >= 15 is 0 Å². The molecule has 0 bridgehead atoms. The SMILES string of the molecule is Cc1cc(C)c(C(N)=S)c(Nc2ccccc2C(C)C)n1. The molecule has 110 valence electrons. The van der Waals surface area contributed by atoms with Crippen LogP contribution in [0, 0.1) is 13.8 Å². The highest BCUT2D eigenvalue weighted by Gasteiger charge is 2.13. The lowest BCUT2D eigenvalue weighted by atomic mass is 10.0. The van der Waals surface area contributed by atoms with E-state index in [9.17, 15) is 0 Å². The zero-order valence-corrected chi connectivity index (χ0v) is 13.7. The number of thiocarbonyl (C=S) groups is 1. The van der Waals surface area contributed by atoms with E-state index in [0.717, 1.165) is 28.3 Å². The van der Waals surface area contributed by atoms with Crippen LogP contribution in [0.4, 0.5) is 11.5 Å². The van der Waals surface area contributed by atoms with Gasteiger partial charge in [-0.2, -0.15) is 0 Å². The van der Waals surface area contributed by atoms with Gasteiger partial charge >= 0.3 is 0 Å². The Kier molecular flexibility index (Phi) is 4.58. The molecular weight excluding hydrogens is 278 g/mol. The number of para-hydroxylation sites is 1. The van der Waals surface area contributed by atoms with E-state index < -0.39 is 0 Å². The van der Waals surface area contributed by atoms with Gasteiger partial charge in [-0.05, 0) is 43.0 Å². The van der Waals surface area contributed by atoms with Crippen LogP contribution < -0.4 is 11.1 Å². The molecule has 2 aromatic rings. The molecule has 2 rings (SSSR count). The Morgan fingerprint density at radius 3 is 2.52 bits per heavy atom. The van der Waals surface area contributed by atoms with E-state index in [1.54, 1.807) is 0 Å². The van der Waals surface area contributed by atoms with E-state index in [-0.39, 0.29) is 0 Å². The van der Waals surface area contributed by atoms with Crippen LogP contribution in [-0.2, 0) is 0 Å². The molecule has 0 unspecified atom stereocenters. The molecule has 0 amide bonds. The second-order valence-corrected chi connectivity index (χ2v) is 5.98. The predicted octanol–water partition coefficient (Wildman–Crippen LogP) is 4.20. The minimum atomic E-state index is 0.365. The zero-order valence-electron chi connectivity index (χ0n) is 12.9. The van der Waals surface area contributed by atoms with Crippen LogP contribution in [-0.4, -0.2) is 9.97 Å². The maximum Gasteiger partial charge on any atom is 0.141 e. The Morgan fingerprint density at radius 1 is 1.24 bits per heavy atom. The maximum atomic E-state index is 5.87. The number of nitrogens with zero attached hydrogens (tertiary/aromatic N) is 1. The molecule has 0 saturated heterocycles. The monoisotopic (exact) mass is 299 g/mol. The minimum absolute atomic E-state index is 0.365. The molecular formula is C17H21N3S. The lowest BCUT2D eigenvalue weighted by Gasteiger charge is -2.17. The van der Waals surface area contributed by atoms with Gasteiger partial charge in [0.2, 0.25) is 0 Å². The Morgan fingerprint density at radius 2 is 1.90 bits per heavy atom. The molecule has 3 N–H and O–H groups in total. The van der Waals surface area contributed by atoms with Gasteiger partial charge in [0, 0.05) is 11.4 Å². The number of rotatable bonds is 4. The molecule has 0 aliphatic rings. The fraction of sp³-hybridized carbons (Fsp3) is 0.294. The number of nitrogens with one attached hydrogen (secondary N) is 1. The quantitative estimate of drug-likeness (QED) is 0.831. The Labute approximate surface area is 131 Å². The summed E-state index contributed by atoms with van der Waals surface area (Å²) in [4.78, 5) is 4.94. The zero-order chi connectivity index (χ0) is 15.6. The number of benzene rings is 1. The highest BCUT2D eigenvalue weighted by molar-refractivity contribution is 7.80. The second kappa shape index (κ2) is 6.22. The van der Waals surface area contributed by atoms with Crippen molar-refractivity contribution >= 4 is 28.7 Å². The number of hydrogen-bond donors (Lipinski definition) is 2. The molecule has 1 heterocycles. The van der Waals surface area contributed by atoms with Crippen molar-refractivity contribution in [1.82, 2.24) is 4.98 Å². The number of nitrogens with two attached hydrogens (primary N) is 1. The summed E-state index contributed by atoms with van der Waals surface area (Å²) in [6.07, 6.45) is 0. The number of pyridine rings is 1. The van der Waals surface area contributed by atoms with Gasteiger partial charge in [0.05, 0.1) is 5.56 Å². The molecule has 0 spiro atoms. The standard InChI is InChI=1S/C17H21N3S/c1-10(2)13-7-5-6-8-14(13)20-17-15(16(18)21)11(3)9-12(4)19-17/h5-10H,1-4H3,(H2,18,21)(H,19,20). The van der Waals surface area contributed by atoms with Crippen molar-refractivity contribution in [2.24, 2.45) is 5.73 Å². The molecule has 0 aliphatic carbocycles. The van der Waals surface area contributed by atoms with Crippen molar-refractivity contribution < 1.29 is 0 Å². The van der Waals surface area contributed by atoms with Crippen molar-refractivity contribution in [1.29, 1.82) is 0 Å². The Bertz CT molecular complexity index is 678. The molecule has 0 fully saturated rings. The van der Waals surface area contributed by atoms with Crippen LogP contribution in [0.25, 0.3) is 0 Å². The first-order chi connectivity index (χ1) is 9.90. The second-order valence-electron chi connectivity index (χ2n) is 5.54. The number of anilines is 2. The summed E-state index contributed by atoms with van der Waals surface area (Å²) in [5.74, 6) is 1.15. The number of aromatic nitrogens is 1. The maximum absolute atomic E-state index is 5.87. The van der Waals surface area contributed by atoms with Crippen LogP contribution in [0.5, 0.6) is 0 Å². The van der Waals surface area contributed by atoms with Gasteiger partial charge in [-0.15, -0.1) is 0 Å². The van der Waals surface area contributed by atoms with E-state index in [1.807, 2.05) is 32.0 Å². The summed E-state index contributed by atoms with van der Waals surface area (Å²) >= 11 is 5.18. The summed E-state index contributed by atoms with van der Waals surface area (Å²) in [7, 11) is 0. The molecule has 0 atom stereocenters. The van der Waals surface area contributed by atoms with Crippen molar-refractivity contribution in [3.05, 3.63) is 52.7 Å². The fourth-order valence-corrected chi connectivity index (χ4v) is 2.74. The molecule has 3 nitrogen and oxygen atoms in total. The normalized spacial score (nSPS) is 10.7. The van der Waals surface area contributed by atoms with Crippen molar-refractivity contribution in [3.63, 3.8) is 0 Å². The Balaban J connectivity index is 2.52.